The van der Waals surface area contributed by atoms with Crippen LogP contribution in [-0.4, -0.2) is 55.5 Å². The van der Waals surface area contributed by atoms with Crippen molar-refractivity contribution in [1.82, 2.24) is 13.9 Å². The van der Waals surface area contributed by atoms with Crippen LogP contribution in [0.4, 0.5) is 5.69 Å². The van der Waals surface area contributed by atoms with Crippen LogP contribution in [0, 0.1) is 0 Å². The molecular weight excluding hydrogens is 444 g/mol. The number of carbonyl (C=O) groups is 1. The van der Waals surface area contributed by atoms with E-state index in [1.54, 1.807) is 57.5 Å². The Kier molecular flexibility index (Phi) is 6.66. The van der Waals surface area contributed by atoms with Gasteiger partial charge in [-0.3, -0.25) is 4.79 Å². The van der Waals surface area contributed by atoms with Crippen molar-refractivity contribution >= 4 is 21.6 Å². The highest BCUT2D eigenvalue weighted by Gasteiger charge is 2.25. The minimum atomic E-state index is -3.49. The molecule has 3 aromatic rings. The number of benzene rings is 2. The number of piperidine rings is 1. The zero-order chi connectivity index (χ0) is 23.4. The van der Waals surface area contributed by atoms with Gasteiger partial charge < -0.3 is 19.4 Å². The molecule has 2 aromatic carbocycles. The van der Waals surface area contributed by atoms with Crippen molar-refractivity contribution < 1.29 is 22.7 Å². The van der Waals surface area contributed by atoms with Crippen LogP contribution in [0.25, 0.3) is 5.69 Å². The van der Waals surface area contributed by atoms with Gasteiger partial charge in [-0.15, -0.1) is 0 Å². The summed E-state index contributed by atoms with van der Waals surface area (Å²) in [6.07, 6.45) is 5.93. The highest BCUT2D eigenvalue weighted by Crippen LogP contribution is 2.26. The number of anilines is 1. The molecule has 9 nitrogen and oxygen atoms in total. The predicted molar refractivity (Wildman–Crippen MR) is 124 cm³/mol. The number of aromatic nitrogens is 2. The van der Waals surface area contributed by atoms with E-state index in [1.165, 1.54) is 20.5 Å². The van der Waals surface area contributed by atoms with Gasteiger partial charge in [-0.1, -0.05) is 6.42 Å². The van der Waals surface area contributed by atoms with Gasteiger partial charge in [-0.25, -0.2) is 13.4 Å². The predicted octanol–water partition coefficient (Wildman–Crippen LogP) is 3.32. The van der Waals surface area contributed by atoms with Gasteiger partial charge in [0.2, 0.25) is 10.0 Å². The number of ether oxygens (including phenoxy) is 2. The molecule has 1 aliphatic heterocycles. The Morgan fingerprint density at radius 3 is 2.21 bits per heavy atom. The summed E-state index contributed by atoms with van der Waals surface area (Å²) in [5.74, 6) is 0.706. The van der Waals surface area contributed by atoms with E-state index in [0.29, 0.717) is 36.0 Å². The van der Waals surface area contributed by atoms with Crippen molar-refractivity contribution in [2.45, 2.75) is 24.2 Å². The van der Waals surface area contributed by atoms with Gasteiger partial charge in [0.1, 0.15) is 23.5 Å². The average Bonchev–Trinajstić information content (AvgIpc) is 3.35. The van der Waals surface area contributed by atoms with Gasteiger partial charge in [0, 0.05) is 48.9 Å². The molecule has 0 radical (unpaired) electrons. The number of hydrogen-bond acceptors (Lipinski definition) is 6. The number of nitrogens with zero attached hydrogens (tertiary/aromatic N) is 3. The highest BCUT2D eigenvalue weighted by atomic mass is 32.2. The van der Waals surface area contributed by atoms with E-state index in [1.807, 2.05) is 0 Å². The van der Waals surface area contributed by atoms with Crippen LogP contribution in [0.3, 0.4) is 0 Å². The lowest BCUT2D eigenvalue weighted by atomic mass is 10.2. The fraction of sp³-hybridized carbons (Fsp3) is 0.304. The summed E-state index contributed by atoms with van der Waals surface area (Å²) in [6, 6.07) is 11.6. The number of hydrogen-bond donors (Lipinski definition) is 1. The van der Waals surface area contributed by atoms with Crippen molar-refractivity contribution in [2.24, 2.45) is 0 Å². The molecule has 1 amide bonds. The molecule has 1 aromatic heterocycles. The van der Waals surface area contributed by atoms with Crippen LogP contribution >= 0.6 is 0 Å². The van der Waals surface area contributed by atoms with Gasteiger partial charge in [0.05, 0.1) is 19.1 Å². The molecule has 0 bridgehead atoms. The molecule has 10 heteroatoms. The molecule has 2 heterocycles. The van der Waals surface area contributed by atoms with Gasteiger partial charge in [-0.05, 0) is 37.1 Å². The Balaban J connectivity index is 1.48. The summed E-state index contributed by atoms with van der Waals surface area (Å²) in [7, 11) is -0.426. The fourth-order valence-electron chi connectivity index (χ4n) is 3.70. The SMILES string of the molecule is COc1cc(NC(=O)c2cn(-c3ccc(S(=O)(=O)N4CCCCC4)cc3)cn2)cc(OC)c1. The first-order valence-corrected chi connectivity index (χ1v) is 12.0. The largest absolute Gasteiger partial charge is 0.497 e. The zero-order valence-electron chi connectivity index (χ0n) is 18.5. The molecule has 1 aliphatic rings. The fourth-order valence-corrected chi connectivity index (χ4v) is 5.22. The van der Waals surface area contributed by atoms with Gasteiger partial charge >= 0.3 is 0 Å². The number of amides is 1. The minimum absolute atomic E-state index is 0.210. The normalized spacial score (nSPS) is 14.6. The third kappa shape index (κ3) is 5.01. The first-order chi connectivity index (χ1) is 15.9. The van der Waals surface area contributed by atoms with Crippen molar-refractivity contribution in [3.8, 4) is 17.2 Å². The van der Waals surface area contributed by atoms with Crippen molar-refractivity contribution in [3.05, 3.63) is 60.7 Å². The molecule has 33 heavy (non-hydrogen) atoms. The Morgan fingerprint density at radius 2 is 1.61 bits per heavy atom. The smallest absolute Gasteiger partial charge is 0.275 e. The molecule has 1 N–H and O–H groups in total. The van der Waals surface area contributed by atoms with Crippen LogP contribution in [0.1, 0.15) is 29.8 Å². The first kappa shape index (κ1) is 22.8. The minimum Gasteiger partial charge on any atom is -0.497 e. The molecule has 0 aliphatic carbocycles. The molecule has 0 atom stereocenters. The lowest BCUT2D eigenvalue weighted by molar-refractivity contribution is 0.102. The zero-order valence-corrected chi connectivity index (χ0v) is 19.3. The molecule has 4 rings (SSSR count). The topological polar surface area (TPSA) is 103 Å². The van der Waals surface area contributed by atoms with Crippen LogP contribution in [0.5, 0.6) is 11.5 Å². The Labute approximate surface area is 193 Å². The summed E-state index contributed by atoms with van der Waals surface area (Å²) in [5.41, 5.74) is 1.42. The number of rotatable bonds is 7. The van der Waals surface area contributed by atoms with Gasteiger partial charge in [-0.2, -0.15) is 4.31 Å². The van der Waals surface area contributed by atoms with E-state index in [0.717, 1.165) is 19.3 Å². The summed E-state index contributed by atoms with van der Waals surface area (Å²) < 4.78 is 39.3. The third-order valence-corrected chi connectivity index (χ3v) is 7.43. The maximum Gasteiger partial charge on any atom is 0.275 e. The van der Waals surface area contributed by atoms with E-state index in [-0.39, 0.29) is 10.6 Å². The van der Waals surface area contributed by atoms with Crippen LogP contribution in [0.2, 0.25) is 0 Å². The van der Waals surface area contributed by atoms with Gasteiger partial charge in [0.25, 0.3) is 5.91 Å². The highest BCUT2D eigenvalue weighted by molar-refractivity contribution is 7.89. The standard InChI is InChI=1S/C23H26N4O5S/c1-31-19-12-17(13-20(14-19)32-2)25-23(28)22-15-26(16-24-22)18-6-8-21(9-7-18)33(29,30)27-10-4-3-5-11-27/h6-9,12-16H,3-5,10-11H2,1-2H3,(H,25,28). The van der Waals surface area contributed by atoms with E-state index in [2.05, 4.69) is 10.3 Å². The molecule has 1 saturated heterocycles. The quantitative estimate of drug-likeness (QED) is 0.568. The second-order valence-electron chi connectivity index (χ2n) is 7.68. The Morgan fingerprint density at radius 1 is 0.970 bits per heavy atom. The van der Waals surface area contributed by atoms with Crippen LogP contribution in [0.15, 0.2) is 59.9 Å². The maximum atomic E-state index is 12.8. The molecule has 0 saturated carbocycles. The molecule has 1 fully saturated rings. The maximum absolute atomic E-state index is 12.8. The Hall–Kier alpha value is -3.37. The van der Waals surface area contributed by atoms with E-state index >= 15 is 0 Å². The second-order valence-corrected chi connectivity index (χ2v) is 9.62. The summed E-state index contributed by atoms with van der Waals surface area (Å²) >= 11 is 0. The van der Waals surface area contributed by atoms with Crippen molar-refractivity contribution in [3.63, 3.8) is 0 Å². The van der Waals surface area contributed by atoms with Crippen molar-refractivity contribution in [2.75, 3.05) is 32.6 Å². The molecule has 0 spiro atoms. The Bertz CT molecular complexity index is 1210. The second kappa shape index (κ2) is 9.63. The number of nitrogens with one attached hydrogen (secondary N) is 1. The lowest BCUT2D eigenvalue weighted by Crippen LogP contribution is -2.35. The summed E-state index contributed by atoms with van der Waals surface area (Å²) in [4.78, 5) is 17.1. The monoisotopic (exact) mass is 470 g/mol. The van der Waals surface area contributed by atoms with E-state index < -0.39 is 15.9 Å². The molecular formula is C23H26N4O5S. The summed E-state index contributed by atoms with van der Waals surface area (Å²) in [6.45, 7) is 1.12. The van der Waals surface area contributed by atoms with Crippen LogP contribution in [-0.2, 0) is 10.0 Å². The number of imidazole rings is 1. The first-order valence-electron chi connectivity index (χ1n) is 10.6. The lowest BCUT2D eigenvalue weighted by Gasteiger charge is -2.25. The van der Waals surface area contributed by atoms with Crippen LogP contribution < -0.4 is 14.8 Å². The van der Waals surface area contributed by atoms with Crippen molar-refractivity contribution in [1.29, 1.82) is 0 Å². The van der Waals surface area contributed by atoms with E-state index in [9.17, 15) is 13.2 Å². The number of methoxy groups -OCH3 is 2. The average molecular weight is 471 g/mol. The van der Waals surface area contributed by atoms with Gasteiger partial charge in [0.15, 0.2) is 0 Å². The number of carbonyl (C=O) groups excluding carboxylic acids is 1. The molecule has 174 valence electrons. The third-order valence-electron chi connectivity index (χ3n) is 5.51. The van der Waals surface area contributed by atoms with E-state index in [4.69, 9.17) is 9.47 Å². The summed E-state index contributed by atoms with van der Waals surface area (Å²) in [5, 5.41) is 2.78. The molecule has 0 unspecified atom stereocenters. The number of sulfonamides is 1.